The molecule has 0 N–H and O–H groups in total. The van der Waals surface area contributed by atoms with Crippen LogP contribution in [0.15, 0.2) is 140 Å². The van der Waals surface area contributed by atoms with Crippen molar-refractivity contribution < 1.29 is 0 Å². The van der Waals surface area contributed by atoms with Gasteiger partial charge in [0.1, 0.15) is 0 Å². The van der Waals surface area contributed by atoms with Crippen LogP contribution in [0.5, 0.6) is 0 Å². The van der Waals surface area contributed by atoms with E-state index in [-0.39, 0.29) is 0 Å². The molecule has 0 bridgehead atoms. The lowest BCUT2D eigenvalue weighted by molar-refractivity contribution is 1.16. The molecule has 7 nitrogen and oxygen atoms in total. The first kappa shape index (κ1) is 26.0. The van der Waals surface area contributed by atoms with E-state index in [4.69, 9.17) is 19.9 Å². The van der Waals surface area contributed by atoms with Gasteiger partial charge in [-0.25, -0.2) is 19.9 Å². The summed E-state index contributed by atoms with van der Waals surface area (Å²) in [5.74, 6) is 0.584. The van der Waals surface area contributed by atoms with E-state index in [1.165, 1.54) is 0 Å². The predicted molar refractivity (Wildman–Crippen MR) is 183 cm³/mol. The van der Waals surface area contributed by atoms with E-state index in [0.29, 0.717) is 17.2 Å². The summed E-state index contributed by atoms with van der Waals surface area (Å²) in [5, 5.41) is 4.12. The van der Waals surface area contributed by atoms with Gasteiger partial charge in [0.25, 0.3) is 0 Å². The Bertz CT molecular complexity index is 2450. The Morgan fingerprint density at radius 3 is 1.39 bits per heavy atom. The van der Waals surface area contributed by atoms with Crippen molar-refractivity contribution in [3.63, 3.8) is 0 Å². The second-order valence-electron chi connectivity index (χ2n) is 11.1. The third-order valence-electron chi connectivity index (χ3n) is 8.25. The largest absolute Gasteiger partial charge is 0.264 e. The monoisotopic (exact) mass is 589 g/mol. The summed E-state index contributed by atoms with van der Waals surface area (Å²) in [4.78, 5) is 33.9. The molecule has 214 valence electrons. The standard InChI is InChI=1S/C39H23N7/c1-6-30(23-40-19-1)24-7-13-29(14-8-24)39-45-33(31-17-15-27-11-9-25-4-2-20-41-35(25)37(27)43-31)22-34(46-39)32-18-16-28-12-10-26-5-3-21-42-36(26)38(28)44-32/h1-23H. The summed E-state index contributed by atoms with van der Waals surface area (Å²) in [7, 11) is 0. The molecule has 0 saturated carbocycles. The fourth-order valence-electron chi connectivity index (χ4n) is 5.92. The second kappa shape index (κ2) is 10.6. The molecule has 3 aromatic carbocycles. The zero-order valence-corrected chi connectivity index (χ0v) is 24.4. The Labute approximate surface area is 263 Å². The highest BCUT2D eigenvalue weighted by atomic mass is 14.9. The number of nitrogens with zero attached hydrogens (tertiary/aromatic N) is 7. The molecule has 0 fully saturated rings. The molecule has 0 aliphatic carbocycles. The molecule has 6 heterocycles. The van der Waals surface area contributed by atoms with Crippen LogP contribution in [0, 0.1) is 0 Å². The van der Waals surface area contributed by atoms with E-state index in [0.717, 1.165) is 71.7 Å². The zero-order valence-electron chi connectivity index (χ0n) is 24.4. The first-order valence-corrected chi connectivity index (χ1v) is 15.0. The summed E-state index contributed by atoms with van der Waals surface area (Å²) < 4.78 is 0. The molecule has 7 heteroatoms. The highest BCUT2D eigenvalue weighted by Crippen LogP contribution is 2.31. The van der Waals surface area contributed by atoms with Crippen molar-refractivity contribution in [1.82, 2.24) is 34.9 Å². The molecule has 0 radical (unpaired) electrons. The normalized spacial score (nSPS) is 11.5. The Balaban J connectivity index is 1.24. The smallest absolute Gasteiger partial charge is 0.160 e. The average Bonchev–Trinajstić information content (AvgIpc) is 3.14. The summed E-state index contributed by atoms with van der Waals surface area (Å²) in [6, 6.07) is 38.6. The Hall–Kier alpha value is -6.47. The topological polar surface area (TPSA) is 90.2 Å². The fraction of sp³-hybridized carbons (Fsp3) is 0. The lowest BCUT2D eigenvalue weighted by atomic mass is 10.0. The summed E-state index contributed by atoms with van der Waals surface area (Å²) in [5.41, 5.74) is 9.25. The van der Waals surface area contributed by atoms with Crippen LogP contribution < -0.4 is 0 Å². The maximum absolute atomic E-state index is 5.10. The highest BCUT2D eigenvalue weighted by Gasteiger charge is 2.15. The summed E-state index contributed by atoms with van der Waals surface area (Å²) in [6.45, 7) is 0. The quantitative estimate of drug-likeness (QED) is 0.190. The van der Waals surface area contributed by atoms with E-state index in [9.17, 15) is 0 Å². The highest BCUT2D eigenvalue weighted by molar-refractivity contribution is 6.04. The van der Waals surface area contributed by atoms with Crippen LogP contribution >= 0.6 is 0 Å². The van der Waals surface area contributed by atoms with Crippen LogP contribution in [-0.4, -0.2) is 34.9 Å². The van der Waals surface area contributed by atoms with E-state index < -0.39 is 0 Å². The lowest BCUT2D eigenvalue weighted by Gasteiger charge is -2.11. The molecule has 9 aromatic rings. The molecule has 0 saturated heterocycles. The molecular formula is C39H23N7. The second-order valence-corrected chi connectivity index (χ2v) is 11.1. The van der Waals surface area contributed by atoms with Crippen molar-refractivity contribution in [2.75, 3.05) is 0 Å². The molecular weight excluding hydrogens is 566 g/mol. The zero-order chi connectivity index (χ0) is 30.5. The lowest BCUT2D eigenvalue weighted by Crippen LogP contribution is -1.99. The molecule has 0 spiro atoms. The van der Waals surface area contributed by atoms with Gasteiger partial charge in [-0.15, -0.1) is 0 Å². The van der Waals surface area contributed by atoms with Crippen molar-refractivity contribution in [3.8, 4) is 45.3 Å². The molecule has 6 aromatic heterocycles. The summed E-state index contributed by atoms with van der Waals surface area (Å²) in [6.07, 6.45) is 7.24. The number of pyridine rings is 5. The van der Waals surface area contributed by atoms with Gasteiger partial charge in [-0.05, 0) is 47.5 Å². The molecule has 0 amide bonds. The van der Waals surface area contributed by atoms with E-state index in [1.54, 1.807) is 18.6 Å². The molecule has 9 rings (SSSR count). The maximum Gasteiger partial charge on any atom is 0.160 e. The van der Waals surface area contributed by atoms with Crippen molar-refractivity contribution in [1.29, 1.82) is 0 Å². The van der Waals surface area contributed by atoms with Gasteiger partial charge < -0.3 is 0 Å². The first-order valence-electron chi connectivity index (χ1n) is 15.0. The van der Waals surface area contributed by atoms with Crippen LogP contribution in [0.1, 0.15) is 0 Å². The molecule has 0 aliphatic heterocycles. The molecule has 0 aliphatic rings. The van der Waals surface area contributed by atoms with E-state index >= 15 is 0 Å². The van der Waals surface area contributed by atoms with Gasteiger partial charge in [0.15, 0.2) is 5.82 Å². The van der Waals surface area contributed by atoms with Crippen molar-refractivity contribution in [2.45, 2.75) is 0 Å². The van der Waals surface area contributed by atoms with Crippen LogP contribution in [0.3, 0.4) is 0 Å². The first-order chi connectivity index (χ1) is 22.8. The Morgan fingerprint density at radius 1 is 0.348 bits per heavy atom. The van der Waals surface area contributed by atoms with Crippen LogP contribution in [0.4, 0.5) is 0 Å². The van der Waals surface area contributed by atoms with Crippen molar-refractivity contribution in [2.24, 2.45) is 0 Å². The minimum absolute atomic E-state index is 0.584. The number of fused-ring (bicyclic) bond motifs is 6. The molecule has 0 atom stereocenters. The van der Waals surface area contributed by atoms with E-state index in [2.05, 4.69) is 75.6 Å². The van der Waals surface area contributed by atoms with Crippen LogP contribution in [0.25, 0.3) is 88.9 Å². The van der Waals surface area contributed by atoms with Gasteiger partial charge in [-0.1, -0.05) is 78.9 Å². The van der Waals surface area contributed by atoms with Gasteiger partial charge in [0.05, 0.1) is 44.8 Å². The number of aromatic nitrogens is 7. The minimum Gasteiger partial charge on any atom is -0.264 e. The third-order valence-corrected chi connectivity index (χ3v) is 8.25. The van der Waals surface area contributed by atoms with Crippen molar-refractivity contribution in [3.05, 3.63) is 140 Å². The third kappa shape index (κ3) is 4.50. The van der Waals surface area contributed by atoms with Gasteiger partial charge >= 0.3 is 0 Å². The molecule has 0 unspecified atom stereocenters. The van der Waals surface area contributed by atoms with Crippen LogP contribution in [0.2, 0.25) is 0 Å². The van der Waals surface area contributed by atoms with Crippen molar-refractivity contribution >= 4 is 43.6 Å². The van der Waals surface area contributed by atoms with Gasteiger partial charge in [0.2, 0.25) is 0 Å². The Morgan fingerprint density at radius 2 is 0.848 bits per heavy atom. The molecule has 46 heavy (non-hydrogen) atoms. The number of hydrogen-bond donors (Lipinski definition) is 0. The van der Waals surface area contributed by atoms with Crippen LogP contribution in [-0.2, 0) is 0 Å². The number of hydrogen-bond acceptors (Lipinski definition) is 7. The van der Waals surface area contributed by atoms with Gasteiger partial charge in [-0.3, -0.25) is 15.0 Å². The SMILES string of the molecule is c1cncc(-c2ccc(-c3nc(-c4ccc5ccc6cccnc6c5n4)cc(-c4ccc5ccc6cccnc6c5n4)n3)cc2)c1. The predicted octanol–water partition coefficient (Wildman–Crippen LogP) is 8.73. The number of rotatable bonds is 4. The Kier molecular flexibility index (Phi) is 5.99. The minimum atomic E-state index is 0.584. The number of benzene rings is 3. The fourth-order valence-corrected chi connectivity index (χ4v) is 5.92. The maximum atomic E-state index is 5.10. The van der Waals surface area contributed by atoms with E-state index in [1.807, 2.05) is 60.8 Å². The average molecular weight is 590 g/mol. The van der Waals surface area contributed by atoms with Gasteiger partial charge in [0, 0.05) is 51.9 Å². The summed E-state index contributed by atoms with van der Waals surface area (Å²) >= 11 is 0. The van der Waals surface area contributed by atoms with Gasteiger partial charge in [-0.2, -0.15) is 0 Å².